The molecule has 2 saturated heterocycles. The molecule has 53 heavy (non-hydrogen) atoms. The molecule has 0 bridgehead atoms. The summed E-state index contributed by atoms with van der Waals surface area (Å²) in [4.78, 5) is 1.59. The minimum absolute atomic E-state index is 0.420. The number of aromatic nitrogens is 1. The molecule has 0 saturated carbocycles. The molecule has 11 atom stereocenters. The fourth-order valence-corrected chi connectivity index (χ4v) is 15.2. The zero-order chi connectivity index (χ0) is 34.9. The van der Waals surface area contributed by atoms with E-state index in [1.807, 2.05) is 0 Å². The van der Waals surface area contributed by atoms with Crippen molar-refractivity contribution in [1.29, 1.82) is 0 Å². The molecule has 0 amide bonds. The van der Waals surface area contributed by atoms with Crippen molar-refractivity contribution in [3.8, 4) is 0 Å². The normalized spacial score (nSPS) is 37.1. The first-order valence-corrected chi connectivity index (χ1v) is 22.6. The number of hydrogen-bond donors (Lipinski definition) is 0. The van der Waals surface area contributed by atoms with Crippen LogP contribution in [0.15, 0.2) is 144 Å². The van der Waals surface area contributed by atoms with E-state index >= 15 is 0 Å². The van der Waals surface area contributed by atoms with E-state index in [4.69, 9.17) is 0 Å². The lowest BCUT2D eigenvalue weighted by atomic mass is 9.56. The minimum atomic E-state index is 0.420. The lowest BCUT2D eigenvalue weighted by Crippen LogP contribution is -2.52. The molecule has 2 aromatic carbocycles. The molecule has 0 radical (unpaired) electrons. The lowest BCUT2D eigenvalue weighted by Gasteiger charge is -2.57. The van der Waals surface area contributed by atoms with Crippen LogP contribution in [0.5, 0.6) is 0 Å². The van der Waals surface area contributed by atoms with Crippen molar-refractivity contribution in [2.45, 2.75) is 79.6 Å². The molecule has 2 aliphatic heterocycles. The van der Waals surface area contributed by atoms with Gasteiger partial charge in [-0.15, -0.1) is 23.5 Å². The molecule has 0 N–H and O–H groups in total. The van der Waals surface area contributed by atoms with Gasteiger partial charge in [0.2, 0.25) is 0 Å². The van der Waals surface area contributed by atoms with Crippen molar-refractivity contribution in [3.63, 3.8) is 0 Å². The first-order chi connectivity index (χ1) is 26.3. The predicted molar refractivity (Wildman–Crippen MR) is 230 cm³/mol. The van der Waals surface area contributed by atoms with Crippen LogP contribution >= 0.6 is 23.5 Å². The topological polar surface area (TPSA) is 4.93 Å². The highest BCUT2D eigenvalue weighted by Crippen LogP contribution is 2.62. The van der Waals surface area contributed by atoms with E-state index in [9.17, 15) is 0 Å². The standard InChI is InChI=1S/C50H51NS2/c1-3-15-32(16-4-1)35-23-14-28-46-49(35)50(39-21-9-12-27-44(39)53-46)48-38-20-8-11-26-43(38)52-45-30-29-33(31-40(45)48)36-22-13-25-42-47(36)37-19-7-10-24-41(37)51(42)34-17-5-2-6-18-34/h3,5,7,9-10,12-15,17,19-22,24-32,34-35,39-40,44-46,48-50H,1-2,4,6,8,11,16,18,23H2. The van der Waals surface area contributed by atoms with Crippen LogP contribution in [0.4, 0.5) is 0 Å². The first-order valence-electron chi connectivity index (χ1n) is 20.8. The van der Waals surface area contributed by atoms with Crippen LogP contribution in [0.3, 0.4) is 0 Å². The van der Waals surface area contributed by atoms with Crippen molar-refractivity contribution < 1.29 is 0 Å². The Kier molecular flexibility index (Phi) is 8.54. The van der Waals surface area contributed by atoms with Gasteiger partial charge in [0, 0.05) is 42.9 Å². The quantitative estimate of drug-likeness (QED) is 0.246. The van der Waals surface area contributed by atoms with Gasteiger partial charge >= 0.3 is 0 Å². The second-order valence-electron chi connectivity index (χ2n) is 16.9. The average molecular weight is 730 g/mol. The van der Waals surface area contributed by atoms with Gasteiger partial charge in [-0.25, -0.2) is 0 Å². The van der Waals surface area contributed by atoms with Crippen LogP contribution in [-0.2, 0) is 0 Å². The molecule has 11 rings (SSSR count). The van der Waals surface area contributed by atoms with Gasteiger partial charge in [0.05, 0.1) is 11.6 Å². The van der Waals surface area contributed by atoms with Gasteiger partial charge in [-0.1, -0.05) is 121 Å². The van der Waals surface area contributed by atoms with Crippen molar-refractivity contribution in [1.82, 2.24) is 4.57 Å². The second-order valence-corrected chi connectivity index (χ2v) is 19.5. The highest BCUT2D eigenvalue weighted by atomic mass is 32.2. The maximum Gasteiger partial charge on any atom is 0.0522 e. The molecular formula is C50H51NS2. The van der Waals surface area contributed by atoms with Crippen LogP contribution in [0.1, 0.15) is 69.4 Å². The van der Waals surface area contributed by atoms with Crippen molar-refractivity contribution >= 4 is 50.9 Å². The number of benzene rings is 2. The van der Waals surface area contributed by atoms with Crippen molar-refractivity contribution in [2.75, 3.05) is 0 Å². The Morgan fingerprint density at radius 1 is 0.660 bits per heavy atom. The number of para-hydroxylation sites is 1. The Hall–Kier alpha value is -3.40. The summed E-state index contributed by atoms with van der Waals surface area (Å²) in [6.45, 7) is 0. The van der Waals surface area contributed by atoms with Crippen LogP contribution in [0.2, 0.25) is 0 Å². The number of rotatable bonds is 4. The third kappa shape index (κ3) is 5.49. The third-order valence-electron chi connectivity index (χ3n) is 14.2. The maximum atomic E-state index is 2.79. The fourth-order valence-electron chi connectivity index (χ4n) is 12.1. The first kappa shape index (κ1) is 33.0. The Morgan fingerprint density at radius 2 is 1.53 bits per heavy atom. The van der Waals surface area contributed by atoms with Gasteiger partial charge in [-0.2, -0.15) is 0 Å². The van der Waals surface area contributed by atoms with Gasteiger partial charge in [0.15, 0.2) is 0 Å². The number of hydrogen-bond acceptors (Lipinski definition) is 2. The third-order valence-corrected chi connectivity index (χ3v) is 17.2. The summed E-state index contributed by atoms with van der Waals surface area (Å²) in [7, 11) is 0. The summed E-state index contributed by atoms with van der Waals surface area (Å²) in [6, 6.07) is 16.8. The zero-order valence-electron chi connectivity index (χ0n) is 30.7. The largest absolute Gasteiger partial charge is 0.333 e. The highest BCUT2D eigenvalue weighted by molar-refractivity contribution is 8.04. The van der Waals surface area contributed by atoms with Gasteiger partial charge in [-0.05, 0) is 122 Å². The maximum absolute atomic E-state index is 2.79. The minimum Gasteiger partial charge on any atom is -0.333 e. The lowest BCUT2D eigenvalue weighted by molar-refractivity contribution is 0.0846. The van der Waals surface area contributed by atoms with Crippen molar-refractivity contribution in [3.05, 3.63) is 150 Å². The zero-order valence-corrected chi connectivity index (χ0v) is 32.3. The van der Waals surface area contributed by atoms with E-state index < -0.39 is 0 Å². The summed E-state index contributed by atoms with van der Waals surface area (Å²) >= 11 is 4.45. The van der Waals surface area contributed by atoms with E-state index in [2.05, 4.69) is 162 Å². The summed E-state index contributed by atoms with van der Waals surface area (Å²) in [5.41, 5.74) is 7.30. The number of allylic oxidation sites excluding steroid dienone is 14. The molecule has 3 aromatic rings. The van der Waals surface area contributed by atoms with E-state index in [0.29, 0.717) is 57.3 Å². The van der Waals surface area contributed by atoms with E-state index in [0.717, 1.165) is 5.92 Å². The van der Waals surface area contributed by atoms with Crippen LogP contribution in [0.25, 0.3) is 27.4 Å². The number of fused-ring (bicyclic) bond motifs is 7. The number of nitrogens with zero attached hydrogens (tertiary/aromatic N) is 1. The molecule has 2 fully saturated rings. The smallest absolute Gasteiger partial charge is 0.0522 e. The summed E-state index contributed by atoms with van der Waals surface area (Å²) in [5, 5.41) is 4.45. The highest BCUT2D eigenvalue weighted by Gasteiger charge is 2.55. The molecule has 11 unspecified atom stereocenters. The number of thioether (sulfide) groups is 2. The molecule has 1 aromatic heterocycles. The van der Waals surface area contributed by atoms with Crippen LogP contribution in [-0.4, -0.2) is 20.3 Å². The van der Waals surface area contributed by atoms with E-state index in [1.54, 1.807) is 10.5 Å². The van der Waals surface area contributed by atoms with E-state index in [-0.39, 0.29) is 0 Å². The summed E-state index contributed by atoms with van der Waals surface area (Å²) in [5.74, 6) is 4.27. The molecule has 0 spiro atoms. The average Bonchev–Trinajstić information content (AvgIpc) is 3.57. The van der Waals surface area contributed by atoms with Gasteiger partial charge < -0.3 is 4.57 Å². The molecule has 8 aliphatic rings. The van der Waals surface area contributed by atoms with Gasteiger partial charge in [0.1, 0.15) is 0 Å². The van der Waals surface area contributed by atoms with Crippen LogP contribution in [0, 0.1) is 41.4 Å². The Morgan fingerprint density at radius 3 is 2.43 bits per heavy atom. The molecule has 268 valence electrons. The van der Waals surface area contributed by atoms with E-state index in [1.165, 1.54) is 90.7 Å². The fraction of sp³-hybridized carbons (Fsp3) is 0.400. The molecule has 1 nitrogen and oxygen atoms in total. The molecule has 3 heteroatoms. The molecule has 6 aliphatic carbocycles. The Labute approximate surface area is 324 Å². The molecular weight excluding hydrogens is 679 g/mol. The summed E-state index contributed by atoms with van der Waals surface area (Å²) in [6.07, 6.45) is 49.7. The second kappa shape index (κ2) is 13.7. The van der Waals surface area contributed by atoms with Crippen LogP contribution < -0.4 is 0 Å². The monoisotopic (exact) mass is 729 g/mol. The summed E-state index contributed by atoms with van der Waals surface area (Å²) < 4.78 is 2.66. The predicted octanol–water partition coefficient (Wildman–Crippen LogP) is 13.4. The Bertz CT molecular complexity index is 2210. The van der Waals surface area contributed by atoms with Gasteiger partial charge in [0.25, 0.3) is 0 Å². The SMILES string of the molecule is C1=CC2SC3C=CCC(C4C=CCCC4)C3C(C3C4=CCCC=C4SC4C=CC(c5cccc6c5c5ccccc5n6C5C=CCCC5)=CC43)C2C=C1. The van der Waals surface area contributed by atoms with Gasteiger partial charge in [-0.3, -0.25) is 0 Å². The van der Waals surface area contributed by atoms with Crippen molar-refractivity contribution in [2.24, 2.45) is 41.4 Å². The Balaban J connectivity index is 1.08. The molecule has 3 heterocycles.